The van der Waals surface area contributed by atoms with E-state index in [2.05, 4.69) is 48.6 Å². The third kappa shape index (κ3) is 3.13. The molecule has 2 nitrogen and oxygen atoms in total. The maximum Gasteiger partial charge on any atom is 0.105 e. The van der Waals surface area contributed by atoms with Gasteiger partial charge < -0.3 is 9.73 Å². The summed E-state index contributed by atoms with van der Waals surface area (Å²) in [6.45, 7) is 3.31. The van der Waals surface area contributed by atoms with Crippen LogP contribution in [-0.2, 0) is 6.42 Å². The van der Waals surface area contributed by atoms with E-state index in [0.717, 1.165) is 30.6 Å². The molecule has 2 aromatic rings. The summed E-state index contributed by atoms with van der Waals surface area (Å²) < 4.78 is 5.52. The molecule has 0 saturated heterocycles. The van der Waals surface area contributed by atoms with Gasteiger partial charge in [-0.2, -0.15) is 0 Å². The third-order valence-electron chi connectivity index (χ3n) is 4.24. The third-order valence-corrected chi connectivity index (χ3v) is 4.24. The number of benzene rings is 1. The first-order valence-electron chi connectivity index (χ1n) is 7.69. The smallest absolute Gasteiger partial charge is 0.105 e. The summed E-state index contributed by atoms with van der Waals surface area (Å²) in [6, 6.07) is 15.5. The molecule has 3 unspecified atom stereocenters. The van der Waals surface area contributed by atoms with Gasteiger partial charge in [0.25, 0.3) is 0 Å². The van der Waals surface area contributed by atoms with Crippen molar-refractivity contribution in [1.29, 1.82) is 0 Å². The highest BCUT2D eigenvalue weighted by Gasteiger charge is 2.43. The Balaban J connectivity index is 1.65. The molecule has 1 aromatic carbocycles. The predicted molar refractivity (Wildman–Crippen MR) is 81.8 cm³/mol. The van der Waals surface area contributed by atoms with Crippen LogP contribution in [0.25, 0.3) is 0 Å². The zero-order chi connectivity index (χ0) is 13.8. The van der Waals surface area contributed by atoms with Crippen LogP contribution in [-0.4, -0.2) is 12.6 Å². The zero-order valence-electron chi connectivity index (χ0n) is 12.1. The largest absolute Gasteiger partial charge is 0.469 e. The molecule has 1 fully saturated rings. The number of nitrogens with one attached hydrogen (secondary N) is 1. The molecule has 2 heteroatoms. The van der Waals surface area contributed by atoms with Crippen LogP contribution >= 0.6 is 0 Å². The van der Waals surface area contributed by atoms with Gasteiger partial charge in [-0.25, -0.2) is 0 Å². The van der Waals surface area contributed by atoms with E-state index >= 15 is 0 Å². The minimum atomic E-state index is 0.534. The number of hydrogen-bond donors (Lipinski definition) is 1. The molecule has 0 aliphatic heterocycles. The molecule has 3 atom stereocenters. The van der Waals surface area contributed by atoms with Crippen molar-refractivity contribution in [3.05, 3.63) is 60.1 Å². The lowest BCUT2D eigenvalue weighted by Crippen LogP contribution is -2.34. The summed E-state index contributed by atoms with van der Waals surface area (Å²) >= 11 is 0. The van der Waals surface area contributed by atoms with Crippen molar-refractivity contribution < 1.29 is 4.42 Å². The van der Waals surface area contributed by atoms with Crippen molar-refractivity contribution in [3.8, 4) is 0 Å². The van der Waals surface area contributed by atoms with E-state index < -0.39 is 0 Å². The van der Waals surface area contributed by atoms with E-state index in [1.807, 2.05) is 6.07 Å². The molecule has 0 spiro atoms. The van der Waals surface area contributed by atoms with Gasteiger partial charge in [-0.3, -0.25) is 0 Å². The summed E-state index contributed by atoms with van der Waals surface area (Å²) in [7, 11) is 0. The van der Waals surface area contributed by atoms with Gasteiger partial charge in [0, 0.05) is 12.5 Å². The summed E-state index contributed by atoms with van der Waals surface area (Å²) in [5.41, 5.74) is 1.49. The molecule has 1 aliphatic rings. The molecular weight excluding hydrogens is 246 g/mol. The normalized spacial score (nSPS) is 22.6. The summed E-state index contributed by atoms with van der Waals surface area (Å²) in [4.78, 5) is 0. The monoisotopic (exact) mass is 269 g/mol. The highest BCUT2D eigenvalue weighted by molar-refractivity contribution is 5.27. The molecular formula is C18H23NO. The van der Waals surface area contributed by atoms with Crippen molar-refractivity contribution >= 4 is 0 Å². The molecule has 1 heterocycles. The Hall–Kier alpha value is -1.54. The molecule has 3 rings (SSSR count). The molecule has 1 N–H and O–H groups in total. The maximum atomic E-state index is 5.52. The van der Waals surface area contributed by atoms with E-state index in [-0.39, 0.29) is 0 Å². The maximum absolute atomic E-state index is 5.52. The van der Waals surface area contributed by atoms with Crippen LogP contribution in [0.3, 0.4) is 0 Å². The number of hydrogen-bond acceptors (Lipinski definition) is 2. The second-order valence-electron chi connectivity index (χ2n) is 5.76. The van der Waals surface area contributed by atoms with Crippen molar-refractivity contribution in [1.82, 2.24) is 5.32 Å². The van der Waals surface area contributed by atoms with Crippen molar-refractivity contribution in [2.24, 2.45) is 5.92 Å². The quantitative estimate of drug-likeness (QED) is 0.822. The second kappa shape index (κ2) is 6.27. The Morgan fingerprint density at radius 1 is 1.20 bits per heavy atom. The standard InChI is InChI=1S/C18H23NO/c1-2-10-19-18(12-15-9-6-11-20-15)17-13-16(17)14-7-4-3-5-8-14/h3-9,11,16-19H,2,10,12-13H2,1H3. The molecule has 0 amide bonds. The highest BCUT2D eigenvalue weighted by Crippen LogP contribution is 2.50. The molecule has 0 bridgehead atoms. The van der Waals surface area contributed by atoms with Crippen LogP contribution in [0.1, 0.15) is 37.0 Å². The van der Waals surface area contributed by atoms with E-state index in [0.29, 0.717) is 6.04 Å². The van der Waals surface area contributed by atoms with Crippen molar-refractivity contribution in [2.75, 3.05) is 6.54 Å². The first kappa shape index (κ1) is 13.4. The molecule has 20 heavy (non-hydrogen) atoms. The van der Waals surface area contributed by atoms with Crippen LogP contribution < -0.4 is 5.32 Å². The summed E-state index contributed by atoms with van der Waals surface area (Å²) in [5, 5.41) is 3.71. The van der Waals surface area contributed by atoms with Gasteiger partial charge in [0.2, 0.25) is 0 Å². The molecule has 0 radical (unpaired) electrons. The Morgan fingerprint density at radius 3 is 2.75 bits per heavy atom. The lowest BCUT2D eigenvalue weighted by molar-refractivity contribution is 0.407. The van der Waals surface area contributed by atoms with Gasteiger partial charge in [-0.1, -0.05) is 37.3 Å². The second-order valence-corrected chi connectivity index (χ2v) is 5.76. The van der Waals surface area contributed by atoms with Gasteiger partial charge in [0.15, 0.2) is 0 Å². The lowest BCUT2D eigenvalue weighted by Gasteiger charge is -2.17. The fourth-order valence-corrected chi connectivity index (χ4v) is 3.09. The van der Waals surface area contributed by atoms with Crippen LogP contribution in [0.4, 0.5) is 0 Å². The van der Waals surface area contributed by atoms with E-state index in [1.165, 1.54) is 18.4 Å². The van der Waals surface area contributed by atoms with Gasteiger partial charge in [0.1, 0.15) is 5.76 Å². The Kier molecular flexibility index (Phi) is 4.22. The number of rotatable bonds is 7. The van der Waals surface area contributed by atoms with Gasteiger partial charge in [-0.05, 0) is 48.9 Å². The highest BCUT2D eigenvalue weighted by atomic mass is 16.3. The average Bonchev–Trinajstić information content (AvgIpc) is 3.13. The molecule has 1 aromatic heterocycles. The first-order valence-corrected chi connectivity index (χ1v) is 7.69. The fraction of sp³-hybridized carbons (Fsp3) is 0.444. The minimum absolute atomic E-state index is 0.534. The Morgan fingerprint density at radius 2 is 2.05 bits per heavy atom. The number of furan rings is 1. The van der Waals surface area contributed by atoms with Crippen molar-refractivity contribution in [2.45, 2.75) is 38.1 Å². The average molecular weight is 269 g/mol. The lowest BCUT2D eigenvalue weighted by atomic mass is 10.0. The van der Waals surface area contributed by atoms with Crippen molar-refractivity contribution in [3.63, 3.8) is 0 Å². The fourth-order valence-electron chi connectivity index (χ4n) is 3.09. The predicted octanol–water partition coefficient (Wildman–Crippen LogP) is 3.99. The minimum Gasteiger partial charge on any atom is -0.469 e. The molecule has 1 aliphatic carbocycles. The van der Waals surface area contributed by atoms with Gasteiger partial charge >= 0.3 is 0 Å². The summed E-state index contributed by atoms with van der Waals surface area (Å²) in [6.07, 6.45) is 5.25. The van der Waals surface area contributed by atoms with Gasteiger partial charge in [0.05, 0.1) is 6.26 Å². The van der Waals surface area contributed by atoms with E-state index in [9.17, 15) is 0 Å². The SMILES string of the molecule is CCCNC(Cc1ccco1)C1CC1c1ccccc1. The topological polar surface area (TPSA) is 25.2 Å². The van der Waals surface area contributed by atoms with E-state index in [4.69, 9.17) is 4.42 Å². The van der Waals surface area contributed by atoms with Gasteiger partial charge in [-0.15, -0.1) is 0 Å². The summed E-state index contributed by atoms with van der Waals surface area (Å²) in [5.74, 6) is 2.56. The Labute approximate surface area is 121 Å². The van der Waals surface area contributed by atoms with E-state index in [1.54, 1.807) is 6.26 Å². The zero-order valence-corrected chi connectivity index (χ0v) is 12.1. The van der Waals surface area contributed by atoms with Crippen LogP contribution in [0, 0.1) is 5.92 Å². The first-order chi connectivity index (χ1) is 9.88. The Bertz CT molecular complexity index is 505. The van der Waals surface area contributed by atoms with Crippen LogP contribution in [0.15, 0.2) is 53.1 Å². The van der Waals surface area contributed by atoms with Crippen LogP contribution in [0.5, 0.6) is 0 Å². The molecule has 1 saturated carbocycles. The van der Waals surface area contributed by atoms with Crippen LogP contribution in [0.2, 0.25) is 0 Å². The molecule has 106 valence electrons.